The van der Waals surface area contributed by atoms with Crippen molar-refractivity contribution in [2.45, 2.75) is 6.04 Å². The Balaban J connectivity index is 3.12. The van der Waals surface area contributed by atoms with E-state index in [4.69, 9.17) is 27.7 Å². The molecule has 4 heteroatoms. The molecule has 1 aromatic carbocycles. The first-order valence-corrected chi connectivity index (χ1v) is 4.13. The average Bonchev–Trinajstić information content (AvgIpc) is 2.17. The van der Waals surface area contributed by atoms with Crippen LogP contribution in [0.3, 0.4) is 0 Å². The summed E-state index contributed by atoms with van der Waals surface area (Å²) < 4.78 is 0. The zero-order valence-electron chi connectivity index (χ0n) is 6.87. The summed E-state index contributed by atoms with van der Waals surface area (Å²) >= 11 is 5.83. The molecule has 0 saturated heterocycles. The van der Waals surface area contributed by atoms with E-state index < -0.39 is 6.04 Å². The third kappa shape index (κ3) is 2.19. The number of aliphatic hydroxyl groups is 1. The molecule has 3 N–H and O–H groups in total. The second-order valence-electron chi connectivity index (χ2n) is 2.64. The zero-order valence-corrected chi connectivity index (χ0v) is 7.62. The van der Waals surface area contributed by atoms with Gasteiger partial charge in [0.25, 0.3) is 0 Å². The summed E-state index contributed by atoms with van der Waals surface area (Å²) in [6.07, 6.45) is 0. The van der Waals surface area contributed by atoms with Gasteiger partial charge in [-0.1, -0.05) is 11.6 Å². The normalized spacial score (nSPS) is 12.2. The van der Waals surface area contributed by atoms with Crippen molar-refractivity contribution in [3.8, 4) is 6.07 Å². The Kier molecular flexibility index (Phi) is 3.26. The van der Waals surface area contributed by atoms with Gasteiger partial charge in [0.05, 0.1) is 24.3 Å². The van der Waals surface area contributed by atoms with Crippen LogP contribution in [-0.4, -0.2) is 11.7 Å². The van der Waals surface area contributed by atoms with Crippen LogP contribution in [-0.2, 0) is 0 Å². The van der Waals surface area contributed by atoms with E-state index in [0.717, 1.165) is 0 Å². The molecule has 3 nitrogen and oxygen atoms in total. The van der Waals surface area contributed by atoms with Crippen molar-refractivity contribution in [2.24, 2.45) is 5.73 Å². The lowest BCUT2D eigenvalue weighted by molar-refractivity contribution is 0.268. The Bertz CT molecular complexity index is 346. The van der Waals surface area contributed by atoms with Crippen LogP contribution < -0.4 is 5.73 Å². The van der Waals surface area contributed by atoms with E-state index in [1.54, 1.807) is 18.2 Å². The van der Waals surface area contributed by atoms with Crippen molar-refractivity contribution in [1.82, 2.24) is 0 Å². The molecule has 0 aromatic heterocycles. The van der Waals surface area contributed by atoms with Crippen molar-refractivity contribution in [2.75, 3.05) is 6.61 Å². The molecule has 0 fully saturated rings. The number of hydrogen-bond acceptors (Lipinski definition) is 3. The van der Waals surface area contributed by atoms with Gasteiger partial charge in [0.2, 0.25) is 0 Å². The Morgan fingerprint density at radius 3 is 2.85 bits per heavy atom. The van der Waals surface area contributed by atoms with Gasteiger partial charge in [-0.05, 0) is 23.8 Å². The highest BCUT2D eigenvalue weighted by Gasteiger charge is 2.09. The van der Waals surface area contributed by atoms with Gasteiger partial charge < -0.3 is 10.8 Å². The van der Waals surface area contributed by atoms with Crippen LogP contribution in [0.5, 0.6) is 0 Å². The minimum atomic E-state index is -0.527. The molecule has 0 spiro atoms. The molecule has 1 rings (SSSR count). The van der Waals surface area contributed by atoms with E-state index in [0.29, 0.717) is 16.1 Å². The highest BCUT2D eigenvalue weighted by Crippen LogP contribution is 2.22. The first kappa shape index (κ1) is 10.0. The molecular formula is C9H9ClN2O. The van der Waals surface area contributed by atoms with Crippen LogP contribution in [0.1, 0.15) is 17.2 Å². The van der Waals surface area contributed by atoms with Crippen molar-refractivity contribution in [3.05, 3.63) is 34.3 Å². The largest absolute Gasteiger partial charge is 0.394 e. The second kappa shape index (κ2) is 4.24. The maximum absolute atomic E-state index is 8.81. The fourth-order valence-corrected chi connectivity index (χ4v) is 1.25. The molecule has 0 bridgehead atoms. The number of nitrogens with two attached hydrogens (primary N) is 1. The molecule has 1 atom stereocenters. The minimum absolute atomic E-state index is 0.186. The standard InChI is InChI=1S/C9H9ClN2O/c10-8-2-1-6(4-11)3-7(8)9(12)5-13/h1-3,9,13H,5,12H2. The second-order valence-corrected chi connectivity index (χ2v) is 3.04. The number of aliphatic hydroxyl groups excluding tert-OH is 1. The lowest BCUT2D eigenvalue weighted by atomic mass is 10.1. The Morgan fingerprint density at radius 1 is 1.62 bits per heavy atom. The number of halogens is 1. The molecule has 0 amide bonds. The quantitative estimate of drug-likeness (QED) is 0.747. The van der Waals surface area contributed by atoms with Crippen molar-refractivity contribution < 1.29 is 5.11 Å². The molecule has 0 aliphatic carbocycles. The van der Waals surface area contributed by atoms with E-state index in [1.807, 2.05) is 6.07 Å². The molecule has 0 heterocycles. The van der Waals surface area contributed by atoms with Gasteiger partial charge >= 0.3 is 0 Å². The lowest BCUT2D eigenvalue weighted by Gasteiger charge is -2.10. The van der Waals surface area contributed by atoms with E-state index in [-0.39, 0.29) is 6.61 Å². The van der Waals surface area contributed by atoms with Crippen molar-refractivity contribution >= 4 is 11.6 Å². The van der Waals surface area contributed by atoms with Crippen LogP contribution in [0.2, 0.25) is 5.02 Å². The van der Waals surface area contributed by atoms with Gasteiger partial charge in [-0.15, -0.1) is 0 Å². The zero-order chi connectivity index (χ0) is 9.84. The monoisotopic (exact) mass is 196 g/mol. The fourth-order valence-electron chi connectivity index (χ4n) is 0.996. The predicted molar refractivity (Wildman–Crippen MR) is 50.2 cm³/mol. The number of benzene rings is 1. The topological polar surface area (TPSA) is 70.0 Å². The highest BCUT2D eigenvalue weighted by molar-refractivity contribution is 6.31. The van der Waals surface area contributed by atoms with Gasteiger partial charge in [-0.25, -0.2) is 0 Å². The number of nitriles is 1. The van der Waals surface area contributed by atoms with Gasteiger partial charge in [0.15, 0.2) is 0 Å². The first-order chi connectivity index (χ1) is 6.19. The van der Waals surface area contributed by atoms with Crippen LogP contribution in [0.25, 0.3) is 0 Å². The summed E-state index contributed by atoms with van der Waals surface area (Å²) in [7, 11) is 0. The molecule has 13 heavy (non-hydrogen) atoms. The highest BCUT2D eigenvalue weighted by atomic mass is 35.5. The van der Waals surface area contributed by atoms with E-state index >= 15 is 0 Å². The molecule has 0 aliphatic heterocycles. The van der Waals surface area contributed by atoms with Crippen LogP contribution in [0.4, 0.5) is 0 Å². The molecule has 0 aliphatic rings. The number of hydrogen-bond donors (Lipinski definition) is 2. The Hall–Kier alpha value is -1.08. The van der Waals surface area contributed by atoms with Gasteiger partial charge in [0.1, 0.15) is 0 Å². The fraction of sp³-hybridized carbons (Fsp3) is 0.222. The predicted octanol–water partition coefficient (Wildman–Crippen LogP) is 1.20. The molecular weight excluding hydrogens is 188 g/mol. The lowest BCUT2D eigenvalue weighted by Crippen LogP contribution is -2.15. The van der Waals surface area contributed by atoms with Crippen LogP contribution >= 0.6 is 11.6 Å². The van der Waals surface area contributed by atoms with E-state index in [9.17, 15) is 0 Å². The molecule has 0 saturated carbocycles. The van der Waals surface area contributed by atoms with Crippen LogP contribution in [0, 0.1) is 11.3 Å². The third-order valence-corrected chi connectivity index (χ3v) is 2.07. The molecule has 1 aromatic rings. The number of nitrogens with zero attached hydrogens (tertiary/aromatic N) is 1. The van der Waals surface area contributed by atoms with Crippen LogP contribution in [0.15, 0.2) is 18.2 Å². The molecule has 1 unspecified atom stereocenters. The maximum Gasteiger partial charge on any atom is 0.0991 e. The summed E-state index contributed by atoms with van der Waals surface area (Å²) in [6, 6.07) is 6.25. The van der Waals surface area contributed by atoms with Crippen molar-refractivity contribution in [3.63, 3.8) is 0 Å². The Labute approximate surface area is 81.4 Å². The maximum atomic E-state index is 8.81. The number of rotatable bonds is 2. The molecule has 0 radical (unpaired) electrons. The van der Waals surface area contributed by atoms with E-state index in [2.05, 4.69) is 0 Å². The Morgan fingerprint density at radius 2 is 2.31 bits per heavy atom. The summed E-state index contributed by atoms with van der Waals surface area (Å²) in [5.41, 5.74) is 6.66. The molecule has 68 valence electrons. The smallest absolute Gasteiger partial charge is 0.0991 e. The first-order valence-electron chi connectivity index (χ1n) is 3.75. The van der Waals surface area contributed by atoms with Gasteiger partial charge in [-0.2, -0.15) is 5.26 Å². The minimum Gasteiger partial charge on any atom is -0.394 e. The average molecular weight is 197 g/mol. The SMILES string of the molecule is N#Cc1ccc(Cl)c(C(N)CO)c1. The summed E-state index contributed by atoms with van der Waals surface area (Å²) in [5, 5.41) is 17.9. The summed E-state index contributed by atoms with van der Waals surface area (Å²) in [5.74, 6) is 0. The third-order valence-electron chi connectivity index (χ3n) is 1.72. The van der Waals surface area contributed by atoms with Gasteiger partial charge in [-0.3, -0.25) is 0 Å². The van der Waals surface area contributed by atoms with Crippen molar-refractivity contribution in [1.29, 1.82) is 5.26 Å². The van der Waals surface area contributed by atoms with Gasteiger partial charge in [0, 0.05) is 5.02 Å². The summed E-state index contributed by atoms with van der Waals surface area (Å²) in [4.78, 5) is 0. The summed E-state index contributed by atoms with van der Waals surface area (Å²) in [6.45, 7) is -0.186. The van der Waals surface area contributed by atoms with E-state index in [1.165, 1.54) is 0 Å².